The minimum absolute atomic E-state index is 0.00813. The monoisotopic (exact) mass is 384 g/mol. The minimum atomic E-state index is -0.669. The lowest BCUT2D eigenvalue weighted by atomic mass is 9.90. The van der Waals surface area contributed by atoms with Crippen LogP contribution in [0.4, 0.5) is 0 Å². The Bertz CT molecular complexity index is 725. The normalized spacial score (nSPS) is 23.4. The number of likely N-dealkylation sites (tertiary alicyclic amines) is 1. The van der Waals surface area contributed by atoms with Crippen molar-refractivity contribution in [1.82, 2.24) is 15.1 Å². The topological polar surface area (TPSA) is 76.5 Å². The lowest BCUT2D eigenvalue weighted by Crippen LogP contribution is -2.46. The van der Waals surface area contributed by atoms with E-state index in [9.17, 15) is 9.59 Å². The zero-order valence-electron chi connectivity index (χ0n) is 17.2. The molecule has 2 N–H and O–H groups in total. The van der Waals surface area contributed by atoms with Crippen molar-refractivity contribution < 1.29 is 9.59 Å². The van der Waals surface area contributed by atoms with E-state index in [1.165, 1.54) is 0 Å². The summed E-state index contributed by atoms with van der Waals surface area (Å²) in [7, 11) is 0. The predicted molar refractivity (Wildman–Crippen MR) is 110 cm³/mol. The fourth-order valence-electron chi connectivity index (χ4n) is 4.42. The third-order valence-electron chi connectivity index (χ3n) is 5.80. The van der Waals surface area contributed by atoms with Gasteiger partial charge in [-0.05, 0) is 43.6 Å². The molecule has 1 atom stereocenters. The van der Waals surface area contributed by atoms with Crippen molar-refractivity contribution in [2.75, 3.05) is 19.6 Å². The van der Waals surface area contributed by atoms with Gasteiger partial charge >= 0.3 is 0 Å². The Labute approximate surface area is 167 Å². The van der Waals surface area contributed by atoms with Crippen molar-refractivity contribution in [3.05, 3.63) is 35.9 Å². The van der Waals surface area contributed by atoms with Crippen molar-refractivity contribution in [2.24, 2.45) is 11.8 Å². The summed E-state index contributed by atoms with van der Waals surface area (Å²) in [6, 6.07) is 9.83. The number of hydrogen-bond donors (Lipinski definition) is 2. The maximum atomic E-state index is 12.9. The minimum Gasteiger partial charge on any atom is -0.342 e. The van der Waals surface area contributed by atoms with E-state index in [4.69, 9.17) is 5.41 Å². The van der Waals surface area contributed by atoms with Crippen LogP contribution in [0.25, 0.3) is 0 Å². The van der Waals surface area contributed by atoms with Gasteiger partial charge in [-0.25, -0.2) is 0 Å². The molecule has 1 aromatic rings. The number of nitrogens with zero attached hydrogens (tertiary/aromatic N) is 2. The van der Waals surface area contributed by atoms with E-state index in [2.05, 4.69) is 19.2 Å². The Kier molecular flexibility index (Phi) is 6.06. The standard InChI is InChI=1S/C22H32N4O2/c1-16(2)14-22(3)20(28)26(21(23)24-22)15-18-9-11-25(12-10-18)19(27)13-17-7-5-4-6-8-17/h4-8,16,18H,9-15H2,1-3H3,(H2,23,24). The number of amides is 2. The Morgan fingerprint density at radius 3 is 2.50 bits per heavy atom. The summed E-state index contributed by atoms with van der Waals surface area (Å²) in [5, 5.41) is 11.3. The number of guanidine groups is 1. The van der Waals surface area contributed by atoms with Gasteiger partial charge in [-0.2, -0.15) is 0 Å². The van der Waals surface area contributed by atoms with Crippen LogP contribution in [0.5, 0.6) is 0 Å². The van der Waals surface area contributed by atoms with Crippen molar-refractivity contribution in [3.63, 3.8) is 0 Å². The van der Waals surface area contributed by atoms with Gasteiger partial charge in [-0.3, -0.25) is 19.9 Å². The summed E-state index contributed by atoms with van der Waals surface area (Å²) in [6.45, 7) is 8.10. The van der Waals surface area contributed by atoms with Crippen LogP contribution in [-0.4, -0.2) is 52.7 Å². The highest BCUT2D eigenvalue weighted by atomic mass is 16.2. The molecule has 152 valence electrons. The third-order valence-corrected chi connectivity index (χ3v) is 5.80. The summed E-state index contributed by atoms with van der Waals surface area (Å²) in [6.07, 6.45) is 2.91. The van der Waals surface area contributed by atoms with Gasteiger partial charge in [0.1, 0.15) is 5.54 Å². The molecule has 0 aromatic heterocycles. The van der Waals surface area contributed by atoms with Crippen LogP contribution in [-0.2, 0) is 16.0 Å². The fourth-order valence-corrected chi connectivity index (χ4v) is 4.42. The van der Waals surface area contributed by atoms with Gasteiger partial charge in [-0.15, -0.1) is 0 Å². The molecule has 0 spiro atoms. The highest BCUT2D eigenvalue weighted by Crippen LogP contribution is 2.27. The van der Waals surface area contributed by atoms with Gasteiger partial charge in [0.05, 0.1) is 6.42 Å². The first-order valence-electron chi connectivity index (χ1n) is 10.3. The molecule has 6 nitrogen and oxygen atoms in total. The van der Waals surface area contributed by atoms with Crippen molar-refractivity contribution in [2.45, 2.75) is 52.0 Å². The lowest BCUT2D eigenvalue weighted by Gasteiger charge is -2.34. The first-order chi connectivity index (χ1) is 13.3. The summed E-state index contributed by atoms with van der Waals surface area (Å²) in [4.78, 5) is 28.9. The molecule has 2 saturated heterocycles. The van der Waals surface area contributed by atoms with Crippen LogP contribution in [0.15, 0.2) is 30.3 Å². The number of benzene rings is 1. The number of rotatable bonds is 6. The second-order valence-electron chi connectivity index (χ2n) is 8.81. The molecule has 0 aliphatic carbocycles. The molecule has 1 unspecified atom stereocenters. The Hall–Kier alpha value is -2.37. The molecule has 2 fully saturated rings. The predicted octanol–water partition coefficient (Wildman–Crippen LogP) is 2.64. The van der Waals surface area contributed by atoms with E-state index >= 15 is 0 Å². The molecular weight excluding hydrogens is 352 g/mol. The summed E-state index contributed by atoms with van der Waals surface area (Å²) in [5.74, 6) is 1.10. The van der Waals surface area contributed by atoms with Crippen LogP contribution >= 0.6 is 0 Å². The number of carbonyl (C=O) groups is 2. The van der Waals surface area contributed by atoms with E-state index in [-0.39, 0.29) is 17.8 Å². The number of hydrogen-bond acceptors (Lipinski definition) is 3. The average molecular weight is 385 g/mol. The van der Waals surface area contributed by atoms with Crippen molar-refractivity contribution in [3.8, 4) is 0 Å². The van der Waals surface area contributed by atoms with Gasteiger partial charge in [0.2, 0.25) is 5.91 Å². The molecular formula is C22H32N4O2. The van der Waals surface area contributed by atoms with E-state index in [1.54, 1.807) is 4.90 Å². The SMILES string of the molecule is CC(C)CC1(C)NC(=N)N(CC2CCN(C(=O)Cc3ccccc3)CC2)C1=O. The second-order valence-corrected chi connectivity index (χ2v) is 8.81. The van der Waals surface area contributed by atoms with Gasteiger partial charge in [0.15, 0.2) is 5.96 Å². The Morgan fingerprint density at radius 2 is 1.89 bits per heavy atom. The van der Waals surface area contributed by atoms with Crippen LogP contribution < -0.4 is 5.32 Å². The van der Waals surface area contributed by atoms with E-state index < -0.39 is 5.54 Å². The second kappa shape index (κ2) is 8.33. The molecule has 2 aliphatic heterocycles. The van der Waals surface area contributed by atoms with Gasteiger partial charge in [-0.1, -0.05) is 44.2 Å². The van der Waals surface area contributed by atoms with E-state index in [1.807, 2.05) is 42.2 Å². The molecule has 0 radical (unpaired) electrons. The van der Waals surface area contributed by atoms with Crippen molar-refractivity contribution in [1.29, 1.82) is 5.41 Å². The fraction of sp³-hybridized carbons (Fsp3) is 0.591. The molecule has 2 amide bonds. The quantitative estimate of drug-likeness (QED) is 0.792. The summed E-state index contributed by atoms with van der Waals surface area (Å²) >= 11 is 0. The Morgan fingerprint density at radius 1 is 1.25 bits per heavy atom. The summed E-state index contributed by atoms with van der Waals surface area (Å²) < 4.78 is 0. The molecule has 2 heterocycles. The third kappa shape index (κ3) is 4.54. The lowest BCUT2D eigenvalue weighted by molar-refractivity contribution is -0.134. The van der Waals surface area contributed by atoms with Crippen LogP contribution in [0, 0.1) is 17.2 Å². The first-order valence-corrected chi connectivity index (χ1v) is 10.3. The average Bonchev–Trinajstić information content (AvgIpc) is 2.85. The molecule has 28 heavy (non-hydrogen) atoms. The zero-order valence-corrected chi connectivity index (χ0v) is 17.2. The van der Waals surface area contributed by atoms with Crippen LogP contribution in [0.3, 0.4) is 0 Å². The summed E-state index contributed by atoms with van der Waals surface area (Å²) in [5.41, 5.74) is 0.374. The number of piperidine rings is 1. The zero-order chi connectivity index (χ0) is 20.3. The maximum absolute atomic E-state index is 12.9. The highest BCUT2D eigenvalue weighted by Gasteiger charge is 2.46. The molecule has 2 aliphatic rings. The molecule has 6 heteroatoms. The first kappa shape index (κ1) is 20.4. The van der Waals surface area contributed by atoms with Gasteiger partial charge < -0.3 is 10.2 Å². The van der Waals surface area contributed by atoms with E-state index in [0.717, 1.165) is 37.9 Å². The maximum Gasteiger partial charge on any atom is 0.254 e. The van der Waals surface area contributed by atoms with E-state index in [0.29, 0.717) is 24.8 Å². The molecule has 0 bridgehead atoms. The van der Waals surface area contributed by atoms with Gasteiger partial charge in [0.25, 0.3) is 5.91 Å². The van der Waals surface area contributed by atoms with Crippen LogP contribution in [0.2, 0.25) is 0 Å². The smallest absolute Gasteiger partial charge is 0.254 e. The molecule has 0 saturated carbocycles. The number of carbonyl (C=O) groups excluding carboxylic acids is 2. The largest absolute Gasteiger partial charge is 0.342 e. The van der Waals surface area contributed by atoms with Gasteiger partial charge in [0, 0.05) is 19.6 Å². The number of nitrogens with one attached hydrogen (secondary N) is 2. The van der Waals surface area contributed by atoms with Crippen molar-refractivity contribution >= 4 is 17.8 Å². The van der Waals surface area contributed by atoms with Crippen LogP contribution in [0.1, 0.15) is 45.6 Å². The highest BCUT2D eigenvalue weighted by molar-refractivity contribution is 6.07. The molecule has 3 rings (SSSR count). The Balaban J connectivity index is 1.51. The molecule has 1 aromatic carbocycles.